The Balaban J connectivity index is 2.07. The van der Waals surface area contributed by atoms with Crippen molar-refractivity contribution in [3.63, 3.8) is 0 Å². The minimum atomic E-state index is -4.11. The molecule has 10 heteroatoms. The minimum absolute atomic E-state index is 0.00796. The summed E-state index contributed by atoms with van der Waals surface area (Å²) < 4.78 is 28.6. The molecule has 3 aromatic carbocycles. The molecule has 208 valence electrons. The summed E-state index contributed by atoms with van der Waals surface area (Å²) in [6.45, 7) is 6.83. The summed E-state index contributed by atoms with van der Waals surface area (Å²) in [6.07, 6.45) is 0.311. The van der Waals surface area contributed by atoms with Crippen LogP contribution in [0.4, 0.5) is 5.69 Å². The van der Waals surface area contributed by atoms with Crippen LogP contribution in [-0.4, -0.2) is 43.8 Å². The lowest BCUT2D eigenvalue weighted by Gasteiger charge is -2.33. The van der Waals surface area contributed by atoms with E-state index in [1.165, 1.54) is 17.0 Å². The fourth-order valence-corrected chi connectivity index (χ4v) is 6.00. The Kier molecular flexibility index (Phi) is 10.4. The zero-order valence-corrected chi connectivity index (χ0v) is 24.7. The van der Waals surface area contributed by atoms with Gasteiger partial charge in [-0.1, -0.05) is 72.1 Å². The summed E-state index contributed by atoms with van der Waals surface area (Å²) in [4.78, 5) is 28.6. The number of sulfonamides is 1. The monoisotopic (exact) mass is 589 g/mol. The number of hydrogen-bond acceptors (Lipinski definition) is 4. The van der Waals surface area contributed by atoms with Gasteiger partial charge in [0.1, 0.15) is 12.6 Å². The molecule has 0 aliphatic rings. The molecule has 39 heavy (non-hydrogen) atoms. The first kappa shape index (κ1) is 30.5. The number of nitrogens with one attached hydrogen (secondary N) is 1. The van der Waals surface area contributed by atoms with Crippen molar-refractivity contribution in [1.29, 1.82) is 0 Å². The van der Waals surface area contributed by atoms with Gasteiger partial charge in [0.25, 0.3) is 10.0 Å². The van der Waals surface area contributed by atoms with Crippen LogP contribution in [0.1, 0.15) is 38.3 Å². The second-order valence-electron chi connectivity index (χ2n) is 9.50. The molecule has 0 unspecified atom stereocenters. The first-order valence-electron chi connectivity index (χ1n) is 12.6. The Hall–Kier alpha value is -3.07. The summed E-state index contributed by atoms with van der Waals surface area (Å²) in [6, 6.07) is 18.7. The number of benzene rings is 3. The van der Waals surface area contributed by atoms with E-state index in [-0.39, 0.29) is 23.4 Å². The first-order chi connectivity index (χ1) is 18.4. The molecule has 0 saturated carbocycles. The first-order valence-corrected chi connectivity index (χ1v) is 14.8. The van der Waals surface area contributed by atoms with Crippen LogP contribution in [0, 0.1) is 6.92 Å². The number of aryl methyl sites for hydroxylation is 1. The SMILES string of the molecule is CC[C@@H](C(=O)NC(C)C)N(Cc1ccc(Cl)cc1Cl)C(=O)CN(c1ccc(C)cc1)S(=O)(=O)c1ccccc1. The molecule has 0 fully saturated rings. The molecular formula is C29H33Cl2N3O4S. The van der Waals surface area contributed by atoms with E-state index in [0.29, 0.717) is 27.7 Å². The molecule has 0 aliphatic carbocycles. The van der Waals surface area contributed by atoms with Gasteiger partial charge in [-0.25, -0.2) is 8.42 Å². The molecule has 0 heterocycles. The minimum Gasteiger partial charge on any atom is -0.352 e. The van der Waals surface area contributed by atoms with Gasteiger partial charge in [0.2, 0.25) is 11.8 Å². The van der Waals surface area contributed by atoms with Crippen LogP contribution in [0.25, 0.3) is 0 Å². The molecule has 3 rings (SSSR count). The van der Waals surface area contributed by atoms with Gasteiger partial charge in [-0.05, 0) is 69.2 Å². The fourth-order valence-electron chi connectivity index (χ4n) is 4.09. The van der Waals surface area contributed by atoms with E-state index >= 15 is 0 Å². The predicted molar refractivity (Wildman–Crippen MR) is 157 cm³/mol. The molecule has 0 spiro atoms. The Morgan fingerprint density at radius 1 is 0.949 bits per heavy atom. The zero-order chi connectivity index (χ0) is 28.7. The van der Waals surface area contributed by atoms with Crippen molar-refractivity contribution in [1.82, 2.24) is 10.2 Å². The molecule has 0 aromatic heterocycles. The molecule has 1 N–H and O–H groups in total. The number of anilines is 1. The maximum Gasteiger partial charge on any atom is 0.264 e. The molecule has 3 aromatic rings. The lowest BCUT2D eigenvalue weighted by atomic mass is 10.1. The van der Waals surface area contributed by atoms with Crippen LogP contribution in [0.2, 0.25) is 10.0 Å². The highest BCUT2D eigenvalue weighted by molar-refractivity contribution is 7.92. The van der Waals surface area contributed by atoms with Crippen molar-refractivity contribution >= 4 is 50.7 Å². The molecule has 0 saturated heterocycles. The topological polar surface area (TPSA) is 86.8 Å². The van der Waals surface area contributed by atoms with E-state index in [4.69, 9.17) is 23.2 Å². The average Bonchev–Trinajstić information content (AvgIpc) is 2.89. The molecule has 0 radical (unpaired) electrons. The van der Waals surface area contributed by atoms with Gasteiger partial charge >= 0.3 is 0 Å². The van der Waals surface area contributed by atoms with Gasteiger partial charge < -0.3 is 10.2 Å². The van der Waals surface area contributed by atoms with Crippen molar-refractivity contribution < 1.29 is 18.0 Å². The van der Waals surface area contributed by atoms with Crippen molar-refractivity contribution in [2.75, 3.05) is 10.8 Å². The van der Waals surface area contributed by atoms with Crippen molar-refractivity contribution in [2.24, 2.45) is 0 Å². The molecular weight excluding hydrogens is 557 g/mol. The summed E-state index contributed by atoms with van der Waals surface area (Å²) >= 11 is 12.5. The van der Waals surface area contributed by atoms with Gasteiger partial charge in [-0.2, -0.15) is 0 Å². The third kappa shape index (κ3) is 7.75. The van der Waals surface area contributed by atoms with Crippen LogP contribution in [0.5, 0.6) is 0 Å². The van der Waals surface area contributed by atoms with E-state index < -0.39 is 28.5 Å². The Morgan fingerprint density at radius 3 is 2.15 bits per heavy atom. The normalized spacial score (nSPS) is 12.2. The van der Waals surface area contributed by atoms with E-state index in [0.717, 1.165) is 9.87 Å². The number of nitrogens with zero attached hydrogens (tertiary/aromatic N) is 2. The van der Waals surface area contributed by atoms with E-state index in [9.17, 15) is 18.0 Å². The van der Waals surface area contributed by atoms with Crippen molar-refractivity contribution in [2.45, 2.75) is 57.6 Å². The zero-order valence-electron chi connectivity index (χ0n) is 22.4. The highest BCUT2D eigenvalue weighted by Crippen LogP contribution is 2.27. The van der Waals surface area contributed by atoms with Crippen LogP contribution in [-0.2, 0) is 26.2 Å². The third-order valence-electron chi connectivity index (χ3n) is 6.10. The van der Waals surface area contributed by atoms with Gasteiger partial charge in [0, 0.05) is 22.6 Å². The lowest BCUT2D eigenvalue weighted by Crippen LogP contribution is -2.53. The van der Waals surface area contributed by atoms with Gasteiger partial charge in [0.05, 0.1) is 10.6 Å². The Morgan fingerprint density at radius 2 is 1.59 bits per heavy atom. The molecule has 1 atom stereocenters. The molecule has 0 aliphatic heterocycles. The molecule has 2 amide bonds. The second-order valence-corrected chi connectivity index (χ2v) is 12.2. The highest BCUT2D eigenvalue weighted by atomic mass is 35.5. The van der Waals surface area contributed by atoms with Crippen LogP contribution in [0.15, 0.2) is 77.7 Å². The number of carbonyl (C=O) groups is 2. The number of amides is 2. The average molecular weight is 591 g/mol. The predicted octanol–water partition coefficient (Wildman–Crippen LogP) is 5.83. The van der Waals surface area contributed by atoms with Crippen LogP contribution in [0.3, 0.4) is 0 Å². The molecule has 7 nitrogen and oxygen atoms in total. The van der Waals surface area contributed by atoms with Crippen molar-refractivity contribution in [3.05, 3.63) is 94.0 Å². The maximum atomic E-state index is 14.0. The largest absolute Gasteiger partial charge is 0.352 e. The maximum absolute atomic E-state index is 14.0. The number of carbonyl (C=O) groups excluding carboxylic acids is 2. The summed E-state index contributed by atoms with van der Waals surface area (Å²) in [5, 5.41) is 3.64. The standard InChI is InChI=1S/C29H33Cl2N3O4S/c1-5-27(29(36)32-20(2)3)33(18-22-13-14-23(30)17-26(22)31)28(35)19-34(24-15-11-21(4)12-16-24)39(37,38)25-9-7-6-8-10-25/h6-17,20,27H,5,18-19H2,1-4H3,(H,32,36)/t27-/m0/s1. The number of rotatable bonds is 11. The highest BCUT2D eigenvalue weighted by Gasteiger charge is 2.34. The Labute approximate surface area is 240 Å². The lowest BCUT2D eigenvalue weighted by molar-refractivity contribution is -0.140. The summed E-state index contributed by atoms with van der Waals surface area (Å²) in [5.74, 6) is -0.884. The van der Waals surface area contributed by atoms with Gasteiger partial charge in [-0.15, -0.1) is 0 Å². The van der Waals surface area contributed by atoms with Gasteiger partial charge in [0.15, 0.2) is 0 Å². The smallest absolute Gasteiger partial charge is 0.264 e. The summed E-state index contributed by atoms with van der Waals surface area (Å²) in [5.41, 5.74) is 1.86. The van der Waals surface area contributed by atoms with Gasteiger partial charge in [-0.3, -0.25) is 13.9 Å². The number of halogens is 2. The quantitative estimate of drug-likeness (QED) is 0.305. The van der Waals surface area contributed by atoms with E-state index in [1.807, 2.05) is 20.8 Å². The molecule has 0 bridgehead atoms. The number of hydrogen-bond donors (Lipinski definition) is 1. The fraction of sp³-hybridized carbons (Fsp3) is 0.310. The summed E-state index contributed by atoms with van der Waals surface area (Å²) in [7, 11) is -4.11. The van der Waals surface area contributed by atoms with E-state index in [2.05, 4.69) is 5.32 Å². The second kappa shape index (κ2) is 13.3. The van der Waals surface area contributed by atoms with E-state index in [1.54, 1.807) is 67.6 Å². The van der Waals surface area contributed by atoms with Crippen LogP contribution < -0.4 is 9.62 Å². The van der Waals surface area contributed by atoms with Crippen molar-refractivity contribution in [3.8, 4) is 0 Å². The third-order valence-corrected chi connectivity index (χ3v) is 8.48. The van der Waals surface area contributed by atoms with Crippen LogP contribution >= 0.6 is 23.2 Å². The Bertz CT molecular complexity index is 1400.